The van der Waals surface area contributed by atoms with Crippen LogP contribution in [0.15, 0.2) is 5.11 Å². The molecule has 2 fully saturated rings. The van der Waals surface area contributed by atoms with Gasteiger partial charge < -0.3 is 26.8 Å². The number of nitrogens with one attached hydrogen (secondary N) is 2. The number of aliphatic hydroxyl groups is 1. The number of carbonyl (C=O) groups excluding carboxylic acids is 2. The van der Waals surface area contributed by atoms with Crippen molar-refractivity contribution in [1.29, 1.82) is 0 Å². The minimum atomic E-state index is -0.473. The molecule has 2 rings (SSSR count). The summed E-state index contributed by atoms with van der Waals surface area (Å²) in [4.78, 5) is 25.6. The third-order valence-corrected chi connectivity index (χ3v) is 3.01. The Morgan fingerprint density at radius 3 is 1.66 bits per heavy atom. The molecule has 0 aliphatic carbocycles. The Balaban J connectivity index is -0.0000000908. The van der Waals surface area contributed by atoms with Crippen LogP contribution in [0.25, 0.3) is 26.4 Å². The van der Waals surface area contributed by atoms with Crippen LogP contribution in [0.4, 0.5) is 0 Å². The zero-order valence-electron chi connectivity index (χ0n) is 19.1. The SMILES string of the molecule is CC.CC.CC1CCCNC1=O.CCO.[N-]=[N+]=NC1CCCNC1=O.[N-]=[N+]=[N-].[Na+]. The molecule has 0 spiro atoms. The third kappa shape index (κ3) is 28.8. The molecule has 12 heteroatoms. The summed E-state index contributed by atoms with van der Waals surface area (Å²) < 4.78 is 0. The maximum Gasteiger partial charge on any atom is 1.00 e. The van der Waals surface area contributed by atoms with Crippen LogP contribution < -0.4 is 40.2 Å². The van der Waals surface area contributed by atoms with Gasteiger partial charge in [0.2, 0.25) is 11.8 Å². The van der Waals surface area contributed by atoms with Gasteiger partial charge in [0.1, 0.15) is 6.04 Å². The van der Waals surface area contributed by atoms with Gasteiger partial charge >= 0.3 is 29.6 Å². The normalized spacial score (nSPS) is 18.0. The minimum Gasteiger partial charge on any atom is -0.397 e. The van der Waals surface area contributed by atoms with Crippen molar-refractivity contribution < 1.29 is 44.3 Å². The van der Waals surface area contributed by atoms with E-state index in [4.69, 9.17) is 21.7 Å². The van der Waals surface area contributed by atoms with Crippen molar-refractivity contribution >= 4 is 11.8 Å². The number of piperidine rings is 2. The molecule has 2 aliphatic rings. The molecule has 3 N–H and O–H groups in total. The van der Waals surface area contributed by atoms with E-state index >= 15 is 0 Å². The van der Waals surface area contributed by atoms with E-state index in [1.807, 2.05) is 34.6 Å². The molecule has 2 unspecified atom stereocenters. The summed E-state index contributed by atoms with van der Waals surface area (Å²) in [6.07, 6.45) is 3.78. The predicted molar refractivity (Wildman–Crippen MR) is 112 cm³/mol. The van der Waals surface area contributed by atoms with Crippen molar-refractivity contribution in [3.63, 3.8) is 0 Å². The van der Waals surface area contributed by atoms with Crippen molar-refractivity contribution in [2.75, 3.05) is 19.7 Å². The first kappa shape index (κ1) is 38.2. The van der Waals surface area contributed by atoms with Gasteiger partial charge in [-0.2, -0.15) is 0 Å². The molecule has 0 radical (unpaired) electrons. The summed E-state index contributed by atoms with van der Waals surface area (Å²) in [5.41, 5.74) is 21.5. The van der Waals surface area contributed by atoms with Crippen LogP contribution in [-0.4, -0.2) is 42.7 Å². The molecule has 0 saturated carbocycles. The van der Waals surface area contributed by atoms with Crippen LogP contribution in [0, 0.1) is 5.92 Å². The van der Waals surface area contributed by atoms with Crippen LogP contribution in [0.3, 0.4) is 0 Å². The molecule has 29 heavy (non-hydrogen) atoms. The number of hydrogen-bond donors (Lipinski definition) is 3. The fourth-order valence-electron chi connectivity index (χ4n) is 1.85. The van der Waals surface area contributed by atoms with Crippen LogP contribution >= 0.6 is 0 Å². The maximum atomic E-state index is 10.8. The number of nitrogens with zero attached hydrogens (tertiary/aromatic N) is 6. The number of rotatable bonds is 1. The van der Waals surface area contributed by atoms with Gasteiger partial charge in [-0.05, 0) is 38.1 Å². The Morgan fingerprint density at radius 2 is 1.38 bits per heavy atom. The van der Waals surface area contributed by atoms with Crippen molar-refractivity contribution in [1.82, 2.24) is 10.6 Å². The van der Waals surface area contributed by atoms with Crippen LogP contribution in [0.2, 0.25) is 0 Å². The number of aliphatic hydroxyl groups excluding tert-OH is 1. The van der Waals surface area contributed by atoms with Crippen LogP contribution in [0.1, 0.15) is 67.2 Å². The van der Waals surface area contributed by atoms with Crippen molar-refractivity contribution in [3.8, 4) is 0 Å². The van der Waals surface area contributed by atoms with Gasteiger partial charge in [0.25, 0.3) is 0 Å². The standard InChI is InChI=1S/C6H11NO.C5H8N4O.C2H6O.2C2H6.N3.Na/c1-5-3-2-4-7-6(5)8;6-9-8-4-2-1-3-7-5(4)10;1-2-3;2*1-2;1-3-2;/h5H,2-4H2,1H3,(H,7,8);4H,1-3H2,(H,7,10);3H,2H2,1H3;2*1-2H3;;/q;;;;;-1;+1. The topological polar surface area (TPSA) is 186 Å². The van der Waals surface area contributed by atoms with E-state index in [1.54, 1.807) is 6.92 Å². The summed E-state index contributed by atoms with van der Waals surface area (Å²) in [5, 5.41) is 16.3. The second kappa shape index (κ2) is 34.1. The van der Waals surface area contributed by atoms with E-state index in [1.165, 1.54) is 4.91 Å². The monoisotopic (exact) mass is 424 g/mol. The van der Waals surface area contributed by atoms with E-state index in [2.05, 4.69) is 20.7 Å². The first-order valence-electron chi connectivity index (χ1n) is 9.67. The smallest absolute Gasteiger partial charge is 0.397 e. The fourth-order valence-corrected chi connectivity index (χ4v) is 1.85. The quantitative estimate of drug-likeness (QED) is 0.246. The van der Waals surface area contributed by atoms with Gasteiger partial charge in [-0.25, -0.2) is 0 Å². The van der Waals surface area contributed by atoms with Crippen molar-refractivity contribution in [2.45, 2.75) is 73.3 Å². The number of hydrogen-bond acceptors (Lipinski definition) is 4. The Labute approximate surface area is 196 Å². The van der Waals surface area contributed by atoms with E-state index in [0.717, 1.165) is 25.8 Å². The summed E-state index contributed by atoms with van der Waals surface area (Å²) in [7, 11) is 0. The van der Waals surface area contributed by atoms with Gasteiger partial charge in [-0.1, -0.05) is 39.7 Å². The molecule has 2 aliphatic heterocycles. The van der Waals surface area contributed by atoms with Gasteiger partial charge in [0, 0.05) is 30.5 Å². The van der Waals surface area contributed by atoms with E-state index in [-0.39, 0.29) is 53.9 Å². The molecule has 0 aromatic heterocycles. The predicted octanol–water partition coefficient (Wildman–Crippen LogP) is 1.03. The second-order valence-electron chi connectivity index (χ2n) is 4.89. The molecule has 0 bridgehead atoms. The van der Waals surface area contributed by atoms with Gasteiger partial charge in [0.05, 0.1) is 0 Å². The van der Waals surface area contributed by atoms with Gasteiger partial charge in [-0.15, -0.1) is 0 Å². The Bertz CT molecular complexity index is 454. The van der Waals surface area contributed by atoms with E-state index in [9.17, 15) is 9.59 Å². The summed E-state index contributed by atoms with van der Waals surface area (Å²) in [6, 6.07) is -0.473. The summed E-state index contributed by atoms with van der Waals surface area (Å²) in [6.45, 7) is 13.5. The summed E-state index contributed by atoms with van der Waals surface area (Å²) in [5.74, 6) is 0.323. The zero-order valence-corrected chi connectivity index (χ0v) is 21.1. The maximum absolute atomic E-state index is 10.8. The molecule has 0 aromatic rings. The summed E-state index contributed by atoms with van der Waals surface area (Å²) >= 11 is 0. The fraction of sp³-hybridized carbons (Fsp3) is 0.882. The largest absolute Gasteiger partial charge is 1.00 e. The van der Waals surface area contributed by atoms with Crippen LogP contribution in [0.5, 0.6) is 0 Å². The van der Waals surface area contributed by atoms with Crippen molar-refractivity contribution in [3.05, 3.63) is 26.4 Å². The average molecular weight is 425 g/mol. The molecular formula is C17H37N8NaO3. The zero-order chi connectivity index (χ0) is 22.8. The molecule has 2 atom stereocenters. The Hall–Kier alpha value is -1.48. The second-order valence-corrected chi connectivity index (χ2v) is 4.89. The Morgan fingerprint density at radius 1 is 1.00 bits per heavy atom. The minimum absolute atomic E-state index is 0. The molecule has 164 valence electrons. The molecular weight excluding hydrogens is 387 g/mol. The van der Waals surface area contributed by atoms with Crippen molar-refractivity contribution in [2.24, 2.45) is 11.0 Å². The molecule has 0 aromatic carbocycles. The number of azide groups is 1. The Kier molecular flexibility index (Phi) is 44.8. The first-order valence-corrected chi connectivity index (χ1v) is 9.67. The average Bonchev–Trinajstić information content (AvgIpc) is 2.71. The number of carbonyl (C=O) groups is 2. The molecule has 2 amide bonds. The van der Waals surface area contributed by atoms with Gasteiger partial charge in [0.15, 0.2) is 0 Å². The van der Waals surface area contributed by atoms with E-state index < -0.39 is 6.04 Å². The molecule has 2 heterocycles. The number of amides is 2. The van der Waals surface area contributed by atoms with Crippen LogP contribution in [-0.2, 0) is 9.59 Å². The van der Waals surface area contributed by atoms with Gasteiger partial charge in [-0.3, -0.25) is 14.5 Å². The van der Waals surface area contributed by atoms with E-state index in [0.29, 0.717) is 13.0 Å². The molecule has 11 nitrogen and oxygen atoms in total. The molecule has 2 saturated heterocycles. The third-order valence-electron chi connectivity index (χ3n) is 3.01. The first-order chi connectivity index (χ1) is 13.5.